The van der Waals surface area contributed by atoms with Gasteiger partial charge in [0.25, 0.3) is 5.69 Å². The van der Waals surface area contributed by atoms with Gasteiger partial charge in [-0.3, -0.25) is 24.6 Å². The standard InChI is InChI=1S/C15H19N3O5/c19-14(8-11-4-1-2-6-13(11)18(22)23)16-10-17-7-3-5-12(9-17)15(20)21/h1-2,4,6,12H,3,5,7-10H2,(H,16,19)(H,20,21). The van der Waals surface area contributed by atoms with Crippen LogP contribution in [0.4, 0.5) is 5.69 Å². The van der Waals surface area contributed by atoms with E-state index in [4.69, 9.17) is 5.11 Å². The van der Waals surface area contributed by atoms with Crippen LogP contribution in [-0.2, 0) is 16.0 Å². The van der Waals surface area contributed by atoms with Gasteiger partial charge < -0.3 is 10.4 Å². The van der Waals surface area contributed by atoms with Gasteiger partial charge in [-0.1, -0.05) is 18.2 Å². The Morgan fingerprint density at radius 3 is 2.83 bits per heavy atom. The molecular formula is C15H19N3O5. The van der Waals surface area contributed by atoms with E-state index >= 15 is 0 Å². The first kappa shape index (κ1) is 16.9. The fraction of sp³-hybridized carbons (Fsp3) is 0.467. The van der Waals surface area contributed by atoms with Gasteiger partial charge in [0.1, 0.15) is 0 Å². The molecule has 8 nitrogen and oxygen atoms in total. The Kier molecular flexibility index (Phi) is 5.64. The lowest BCUT2D eigenvalue weighted by molar-refractivity contribution is -0.385. The molecule has 2 N–H and O–H groups in total. The number of likely N-dealkylation sites (tertiary alicyclic amines) is 1. The highest BCUT2D eigenvalue weighted by Crippen LogP contribution is 2.18. The molecule has 23 heavy (non-hydrogen) atoms. The highest BCUT2D eigenvalue weighted by Gasteiger charge is 2.25. The van der Waals surface area contributed by atoms with Crippen molar-refractivity contribution in [2.75, 3.05) is 19.8 Å². The molecule has 1 amide bonds. The van der Waals surface area contributed by atoms with Gasteiger partial charge >= 0.3 is 5.97 Å². The van der Waals surface area contributed by atoms with Gasteiger partial charge in [0.2, 0.25) is 5.91 Å². The molecule has 0 saturated carbocycles. The van der Waals surface area contributed by atoms with Gasteiger partial charge in [-0.15, -0.1) is 0 Å². The summed E-state index contributed by atoms with van der Waals surface area (Å²) in [5, 5.41) is 22.6. The molecule has 1 heterocycles. The van der Waals surface area contributed by atoms with Crippen molar-refractivity contribution in [3.8, 4) is 0 Å². The molecule has 0 spiro atoms. The first-order valence-corrected chi connectivity index (χ1v) is 7.41. The largest absolute Gasteiger partial charge is 0.481 e. The number of nitrogens with zero attached hydrogens (tertiary/aromatic N) is 2. The average molecular weight is 321 g/mol. The summed E-state index contributed by atoms with van der Waals surface area (Å²) in [6, 6.07) is 6.13. The summed E-state index contributed by atoms with van der Waals surface area (Å²) in [5.74, 6) is -1.55. The molecule has 1 aromatic rings. The van der Waals surface area contributed by atoms with Gasteiger partial charge in [-0.25, -0.2) is 0 Å². The average Bonchev–Trinajstić information content (AvgIpc) is 2.53. The minimum atomic E-state index is -0.819. The second kappa shape index (κ2) is 7.68. The number of hydrogen-bond acceptors (Lipinski definition) is 5. The number of para-hydroxylation sites is 1. The van der Waals surface area contributed by atoms with Gasteiger partial charge in [-0.2, -0.15) is 0 Å². The van der Waals surface area contributed by atoms with Crippen molar-refractivity contribution in [3.05, 3.63) is 39.9 Å². The SMILES string of the molecule is O=C(Cc1ccccc1[N+](=O)[O-])NCN1CCCC(C(=O)O)C1. The van der Waals surface area contributed by atoms with E-state index in [-0.39, 0.29) is 24.7 Å². The van der Waals surface area contributed by atoms with Gasteiger partial charge in [0.05, 0.1) is 23.9 Å². The van der Waals surface area contributed by atoms with Crippen LogP contribution in [0.15, 0.2) is 24.3 Å². The molecule has 1 unspecified atom stereocenters. The Hall–Kier alpha value is -2.48. The second-order valence-electron chi connectivity index (χ2n) is 5.58. The number of carbonyl (C=O) groups is 2. The Morgan fingerprint density at radius 1 is 1.39 bits per heavy atom. The predicted molar refractivity (Wildman–Crippen MR) is 81.7 cm³/mol. The number of amides is 1. The van der Waals surface area contributed by atoms with E-state index in [0.717, 1.165) is 13.0 Å². The van der Waals surface area contributed by atoms with Crippen LogP contribution in [0.3, 0.4) is 0 Å². The van der Waals surface area contributed by atoms with Crippen molar-refractivity contribution >= 4 is 17.6 Å². The third kappa shape index (κ3) is 4.75. The molecule has 1 saturated heterocycles. The maximum Gasteiger partial charge on any atom is 0.307 e. The lowest BCUT2D eigenvalue weighted by Gasteiger charge is -2.30. The first-order chi connectivity index (χ1) is 11.0. The number of nitro benzene ring substituents is 1. The number of piperidine rings is 1. The minimum Gasteiger partial charge on any atom is -0.481 e. The van der Waals surface area contributed by atoms with E-state index in [1.807, 2.05) is 4.90 Å². The number of benzene rings is 1. The molecule has 1 aliphatic rings. The number of carboxylic acids is 1. The summed E-state index contributed by atoms with van der Waals surface area (Å²) in [6.07, 6.45) is 1.35. The topological polar surface area (TPSA) is 113 Å². The maximum atomic E-state index is 12.0. The highest BCUT2D eigenvalue weighted by molar-refractivity contribution is 5.79. The molecule has 2 rings (SSSR count). The molecule has 0 aliphatic carbocycles. The summed E-state index contributed by atoms with van der Waals surface area (Å²) in [5.41, 5.74) is 0.281. The van der Waals surface area contributed by atoms with E-state index in [9.17, 15) is 19.7 Å². The van der Waals surface area contributed by atoms with Gasteiger partial charge in [0, 0.05) is 18.2 Å². The number of rotatable bonds is 6. The first-order valence-electron chi connectivity index (χ1n) is 7.41. The molecule has 1 aliphatic heterocycles. The smallest absolute Gasteiger partial charge is 0.307 e. The molecule has 0 bridgehead atoms. The Morgan fingerprint density at radius 2 is 2.13 bits per heavy atom. The van der Waals surface area contributed by atoms with Gasteiger partial charge in [0.15, 0.2) is 0 Å². The molecule has 1 fully saturated rings. The third-order valence-corrected chi connectivity index (χ3v) is 3.89. The summed E-state index contributed by atoms with van der Waals surface area (Å²) in [4.78, 5) is 35.3. The van der Waals surface area contributed by atoms with E-state index in [1.165, 1.54) is 6.07 Å². The number of aliphatic carboxylic acids is 1. The number of carboxylic acid groups (broad SMARTS) is 1. The van der Waals surface area contributed by atoms with Crippen LogP contribution in [-0.4, -0.2) is 46.6 Å². The summed E-state index contributed by atoms with van der Waals surface area (Å²) >= 11 is 0. The van der Waals surface area contributed by atoms with Crippen molar-refractivity contribution in [1.82, 2.24) is 10.2 Å². The van der Waals surface area contributed by atoms with Crippen molar-refractivity contribution in [1.29, 1.82) is 0 Å². The van der Waals surface area contributed by atoms with Crippen LogP contribution < -0.4 is 5.32 Å². The van der Waals surface area contributed by atoms with Crippen LogP contribution in [0.2, 0.25) is 0 Å². The fourth-order valence-corrected chi connectivity index (χ4v) is 2.67. The Bertz CT molecular complexity index is 605. The van der Waals surface area contributed by atoms with Crippen LogP contribution >= 0.6 is 0 Å². The van der Waals surface area contributed by atoms with E-state index in [2.05, 4.69) is 5.32 Å². The van der Waals surface area contributed by atoms with Crippen molar-refractivity contribution in [3.63, 3.8) is 0 Å². The van der Waals surface area contributed by atoms with Crippen LogP contribution in [0.25, 0.3) is 0 Å². The van der Waals surface area contributed by atoms with Crippen LogP contribution in [0, 0.1) is 16.0 Å². The third-order valence-electron chi connectivity index (χ3n) is 3.89. The van der Waals surface area contributed by atoms with Crippen molar-refractivity contribution < 1.29 is 19.6 Å². The zero-order chi connectivity index (χ0) is 16.8. The summed E-state index contributed by atoms with van der Waals surface area (Å²) in [6.45, 7) is 1.39. The van der Waals surface area contributed by atoms with Crippen LogP contribution in [0.1, 0.15) is 18.4 Å². The Labute approximate surface area is 133 Å². The molecule has 1 atom stereocenters. The molecule has 1 aromatic carbocycles. The lowest BCUT2D eigenvalue weighted by atomic mass is 9.99. The zero-order valence-electron chi connectivity index (χ0n) is 12.6. The van der Waals surface area contributed by atoms with Crippen molar-refractivity contribution in [2.45, 2.75) is 19.3 Å². The number of carbonyl (C=O) groups excluding carboxylic acids is 1. The zero-order valence-corrected chi connectivity index (χ0v) is 12.6. The van der Waals surface area contributed by atoms with Gasteiger partial charge in [-0.05, 0) is 19.4 Å². The predicted octanol–water partition coefficient (Wildman–Crippen LogP) is 1.01. The molecule has 0 aromatic heterocycles. The van der Waals surface area contributed by atoms with E-state index in [0.29, 0.717) is 18.5 Å². The maximum absolute atomic E-state index is 12.0. The number of nitrogens with one attached hydrogen (secondary N) is 1. The molecular weight excluding hydrogens is 302 g/mol. The molecule has 124 valence electrons. The summed E-state index contributed by atoms with van der Waals surface area (Å²) in [7, 11) is 0. The highest BCUT2D eigenvalue weighted by atomic mass is 16.6. The Balaban J connectivity index is 1.86. The lowest BCUT2D eigenvalue weighted by Crippen LogP contribution is -2.45. The van der Waals surface area contributed by atoms with Crippen LogP contribution in [0.5, 0.6) is 0 Å². The quantitative estimate of drug-likeness (QED) is 0.597. The second-order valence-corrected chi connectivity index (χ2v) is 5.58. The molecule has 0 radical (unpaired) electrons. The summed E-state index contributed by atoms with van der Waals surface area (Å²) < 4.78 is 0. The van der Waals surface area contributed by atoms with E-state index < -0.39 is 16.8 Å². The molecule has 8 heteroatoms. The fourth-order valence-electron chi connectivity index (χ4n) is 2.67. The minimum absolute atomic E-state index is 0.0760. The van der Waals surface area contributed by atoms with E-state index in [1.54, 1.807) is 18.2 Å². The number of hydrogen-bond donors (Lipinski definition) is 2. The van der Waals surface area contributed by atoms with Crippen molar-refractivity contribution in [2.24, 2.45) is 5.92 Å². The normalized spacial score (nSPS) is 18.3. The number of nitro groups is 1. The monoisotopic (exact) mass is 321 g/mol.